The van der Waals surface area contributed by atoms with Crippen molar-refractivity contribution in [2.75, 3.05) is 7.11 Å². The number of aliphatic hydroxyl groups is 1. The summed E-state index contributed by atoms with van der Waals surface area (Å²) in [7, 11) is -0.263. The average Bonchev–Trinajstić information content (AvgIpc) is 2.59. The van der Waals surface area contributed by atoms with Crippen LogP contribution in [0.25, 0.3) is 0 Å². The third kappa shape index (κ3) is 5.34. The highest BCUT2D eigenvalue weighted by Crippen LogP contribution is 2.11. The topological polar surface area (TPSA) is 29.5 Å². The first-order valence-corrected chi connectivity index (χ1v) is 10.4. The molecule has 2 rings (SSSR count). The monoisotopic (exact) mass is 320 g/mol. The van der Waals surface area contributed by atoms with E-state index in [1.807, 2.05) is 48.5 Å². The summed E-state index contributed by atoms with van der Waals surface area (Å²) in [5, 5.41) is 9.04. The van der Waals surface area contributed by atoms with E-state index in [1.165, 1.54) is 0 Å². The molecule has 0 aliphatic carbocycles. The molecule has 0 bridgehead atoms. The van der Waals surface area contributed by atoms with Gasteiger partial charge in [-0.05, 0) is 55.1 Å². The Balaban J connectivity index is 2.12. The molecule has 0 saturated carbocycles. The fourth-order valence-corrected chi connectivity index (χ4v) is 2.83. The molecule has 0 spiro atoms. The normalized spacial score (nSPS) is 10.1. The molecule has 1 N–H and O–H groups in total. The first kappa shape index (κ1) is 16.9. The van der Waals surface area contributed by atoms with Crippen molar-refractivity contribution in [1.82, 2.24) is 0 Å². The maximum atomic E-state index is 9.04. The summed E-state index contributed by atoms with van der Waals surface area (Å²) >= 11 is 0. The number of hydrogen-bond donors (Lipinski definition) is 1. The number of benzene rings is 2. The van der Waals surface area contributed by atoms with Crippen LogP contribution < -0.4 is 4.74 Å². The van der Waals surface area contributed by atoms with E-state index in [2.05, 4.69) is 36.0 Å². The Morgan fingerprint density at radius 2 is 1.35 bits per heavy atom. The van der Waals surface area contributed by atoms with Gasteiger partial charge in [-0.15, -0.1) is 11.1 Å². The van der Waals surface area contributed by atoms with Gasteiger partial charge in [-0.25, -0.2) is 0 Å². The molecule has 0 heterocycles. The zero-order chi connectivity index (χ0) is 16.7. The van der Waals surface area contributed by atoms with Crippen LogP contribution in [0.4, 0.5) is 0 Å². The fourth-order valence-electron chi connectivity index (χ4n) is 1.86. The minimum absolute atomic E-state index is 0.0568. The van der Waals surface area contributed by atoms with Crippen LogP contribution in [0.3, 0.4) is 0 Å². The molecule has 2 aromatic carbocycles. The molecular formula is C20H20O2Si. The maximum Gasteiger partial charge on any atom is 0.211 e. The predicted octanol–water partition coefficient (Wildman–Crippen LogP) is 3.38. The minimum atomic E-state index is -1.92. The van der Waals surface area contributed by atoms with Crippen LogP contribution in [-0.2, 0) is 6.61 Å². The highest BCUT2D eigenvalue weighted by atomic mass is 28.3. The summed E-state index contributed by atoms with van der Waals surface area (Å²) in [6.45, 7) is 4.33. The largest absolute Gasteiger partial charge is 0.497 e. The predicted molar refractivity (Wildman–Crippen MR) is 96.6 cm³/mol. The Morgan fingerprint density at radius 3 is 1.78 bits per heavy atom. The smallest absolute Gasteiger partial charge is 0.211 e. The van der Waals surface area contributed by atoms with Crippen LogP contribution in [0.5, 0.6) is 5.75 Å². The Kier molecular flexibility index (Phi) is 5.65. The second-order valence-electron chi connectivity index (χ2n) is 5.71. The van der Waals surface area contributed by atoms with Crippen molar-refractivity contribution in [3.8, 4) is 28.7 Å². The fraction of sp³-hybridized carbons (Fsp3) is 0.200. The lowest BCUT2D eigenvalue weighted by molar-refractivity contribution is 0.282. The van der Waals surface area contributed by atoms with Crippen molar-refractivity contribution in [3.05, 3.63) is 65.2 Å². The van der Waals surface area contributed by atoms with E-state index in [0.29, 0.717) is 0 Å². The molecule has 2 aromatic rings. The van der Waals surface area contributed by atoms with E-state index in [9.17, 15) is 0 Å². The summed E-state index contributed by atoms with van der Waals surface area (Å²) in [5.74, 6) is 7.24. The van der Waals surface area contributed by atoms with Crippen molar-refractivity contribution in [3.63, 3.8) is 0 Å². The van der Waals surface area contributed by atoms with E-state index in [4.69, 9.17) is 9.84 Å². The number of rotatable bonds is 2. The lowest BCUT2D eigenvalue weighted by Gasteiger charge is -2.04. The van der Waals surface area contributed by atoms with Gasteiger partial charge in [0, 0.05) is 11.1 Å². The SMILES string of the molecule is COc1ccc(C#C[Si](C)(C)C#Cc2ccc(CO)cc2)cc1. The van der Waals surface area contributed by atoms with Gasteiger partial charge in [0.25, 0.3) is 0 Å². The summed E-state index contributed by atoms with van der Waals surface area (Å²) in [6.07, 6.45) is 0. The van der Waals surface area contributed by atoms with E-state index in [-0.39, 0.29) is 6.61 Å². The number of hydrogen-bond acceptors (Lipinski definition) is 2. The number of methoxy groups -OCH3 is 1. The summed E-state index contributed by atoms with van der Waals surface area (Å²) in [5.41, 5.74) is 9.49. The highest BCUT2D eigenvalue weighted by Gasteiger charge is 2.13. The molecular weight excluding hydrogens is 300 g/mol. The van der Waals surface area contributed by atoms with Crippen molar-refractivity contribution in [2.45, 2.75) is 19.7 Å². The Bertz CT molecular complexity index is 699. The van der Waals surface area contributed by atoms with Crippen LogP contribution in [-0.4, -0.2) is 20.3 Å². The Labute approximate surface area is 139 Å². The average molecular weight is 320 g/mol. The van der Waals surface area contributed by atoms with Gasteiger partial charge in [0.1, 0.15) is 5.75 Å². The van der Waals surface area contributed by atoms with E-state index >= 15 is 0 Å². The summed E-state index contributed by atoms with van der Waals surface area (Å²) in [4.78, 5) is 0. The molecule has 116 valence electrons. The minimum Gasteiger partial charge on any atom is -0.497 e. The van der Waals surface area contributed by atoms with Gasteiger partial charge in [0.05, 0.1) is 13.7 Å². The zero-order valence-electron chi connectivity index (χ0n) is 13.7. The van der Waals surface area contributed by atoms with Crippen molar-refractivity contribution in [1.29, 1.82) is 0 Å². The molecule has 0 aliphatic heterocycles. The highest BCUT2D eigenvalue weighted by molar-refractivity contribution is 6.92. The molecule has 0 atom stereocenters. The Morgan fingerprint density at radius 1 is 0.870 bits per heavy atom. The van der Waals surface area contributed by atoms with Gasteiger partial charge in [0.15, 0.2) is 0 Å². The Hall–Kier alpha value is -2.46. The van der Waals surface area contributed by atoms with Crippen LogP contribution >= 0.6 is 0 Å². The lowest BCUT2D eigenvalue weighted by atomic mass is 10.1. The van der Waals surface area contributed by atoms with E-state index in [1.54, 1.807) is 7.11 Å². The second kappa shape index (κ2) is 7.69. The van der Waals surface area contributed by atoms with Gasteiger partial charge < -0.3 is 9.84 Å². The summed E-state index contributed by atoms with van der Waals surface area (Å²) in [6, 6.07) is 15.4. The van der Waals surface area contributed by atoms with Gasteiger partial charge in [0.2, 0.25) is 8.07 Å². The van der Waals surface area contributed by atoms with Gasteiger partial charge in [-0.2, -0.15) is 0 Å². The van der Waals surface area contributed by atoms with Crippen molar-refractivity contribution < 1.29 is 9.84 Å². The number of ether oxygens (including phenoxy) is 1. The van der Waals surface area contributed by atoms with Crippen LogP contribution in [0.1, 0.15) is 16.7 Å². The molecule has 0 amide bonds. The van der Waals surface area contributed by atoms with E-state index < -0.39 is 8.07 Å². The standard InChI is InChI=1S/C20H20O2Si/c1-22-20-10-8-18(9-11-20)13-15-23(2,3)14-12-17-4-6-19(16-21)7-5-17/h4-11,21H,16H2,1-3H3. The van der Waals surface area contributed by atoms with E-state index in [0.717, 1.165) is 22.4 Å². The first-order chi connectivity index (χ1) is 11.0. The zero-order valence-corrected chi connectivity index (χ0v) is 14.7. The molecule has 23 heavy (non-hydrogen) atoms. The molecule has 0 fully saturated rings. The molecule has 0 saturated heterocycles. The lowest BCUT2D eigenvalue weighted by Crippen LogP contribution is -2.21. The van der Waals surface area contributed by atoms with Gasteiger partial charge in [-0.1, -0.05) is 24.0 Å². The van der Waals surface area contributed by atoms with Crippen molar-refractivity contribution >= 4 is 8.07 Å². The molecule has 0 aromatic heterocycles. The first-order valence-electron chi connectivity index (χ1n) is 7.42. The molecule has 0 unspecified atom stereocenters. The second-order valence-corrected chi connectivity index (χ2v) is 9.46. The maximum absolute atomic E-state index is 9.04. The third-order valence-electron chi connectivity index (χ3n) is 3.27. The van der Waals surface area contributed by atoms with Crippen LogP contribution in [0.2, 0.25) is 13.1 Å². The quantitative estimate of drug-likeness (QED) is 0.679. The van der Waals surface area contributed by atoms with Crippen LogP contribution in [0, 0.1) is 22.9 Å². The van der Waals surface area contributed by atoms with Gasteiger partial charge >= 0.3 is 0 Å². The number of aliphatic hydroxyl groups excluding tert-OH is 1. The van der Waals surface area contributed by atoms with Crippen molar-refractivity contribution in [2.24, 2.45) is 0 Å². The molecule has 0 radical (unpaired) electrons. The molecule has 3 heteroatoms. The van der Waals surface area contributed by atoms with Gasteiger partial charge in [-0.3, -0.25) is 0 Å². The molecule has 0 aliphatic rings. The molecule has 2 nitrogen and oxygen atoms in total. The van der Waals surface area contributed by atoms with Crippen LogP contribution in [0.15, 0.2) is 48.5 Å². The third-order valence-corrected chi connectivity index (χ3v) is 4.77. The summed E-state index contributed by atoms with van der Waals surface area (Å²) < 4.78 is 5.14.